The molecule has 1 saturated heterocycles. The lowest BCUT2D eigenvalue weighted by Gasteiger charge is -2.19. The first-order valence-corrected chi connectivity index (χ1v) is 8.88. The molecule has 1 fully saturated rings. The molecule has 2 unspecified atom stereocenters. The average Bonchev–Trinajstić information content (AvgIpc) is 2.42. The van der Waals surface area contributed by atoms with Crippen LogP contribution in [0.1, 0.15) is 51.9 Å². The minimum atomic E-state index is -4.07. The number of hydrogen-bond donors (Lipinski definition) is 1. The summed E-state index contributed by atoms with van der Waals surface area (Å²) in [5.41, 5.74) is 0.293. The van der Waals surface area contributed by atoms with Gasteiger partial charge in [0, 0.05) is 5.57 Å². The molecule has 1 N–H and O–H groups in total. The molecule has 21 heavy (non-hydrogen) atoms. The van der Waals surface area contributed by atoms with Crippen molar-refractivity contribution in [3.8, 4) is 0 Å². The topological polar surface area (TPSA) is 82.1 Å². The summed E-state index contributed by atoms with van der Waals surface area (Å²) in [6.07, 6.45) is 5.83. The molecule has 1 heterocycles. The maximum Gasteiger partial charge on any atom is 0.472 e. The summed E-state index contributed by atoms with van der Waals surface area (Å²) >= 11 is 0. The highest BCUT2D eigenvalue weighted by molar-refractivity contribution is 7.47. The normalized spacial score (nSPS) is 29.5. The van der Waals surface area contributed by atoms with Gasteiger partial charge in [0.25, 0.3) is 0 Å². The molecule has 0 aliphatic carbocycles. The van der Waals surface area contributed by atoms with Crippen molar-refractivity contribution in [2.24, 2.45) is 0 Å². The first kappa shape index (κ1) is 18.4. The van der Waals surface area contributed by atoms with Gasteiger partial charge in [-0.1, -0.05) is 32.3 Å². The van der Waals surface area contributed by atoms with Crippen LogP contribution in [-0.4, -0.2) is 30.2 Å². The Hall–Kier alpha value is -0.680. The highest BCUT2D eigenvalue weighted by atomic mass is 31.2. The summed E-state index contributed by atoms with van der Waals surface area (Å²) in [6.45, 7) is 5.13. The van der Waals surface area contributed by atoms with Crippen LogP contribution in [0.25, 0.3) is 0 Å². The Kier molecular flexibility index (Phi) is 8.19. The molecular formula is C14H25O6P. The van der Waals surface area contributed by atoms with E-state index in [-0.39, 0.29) is 13.2 Å². The largest absolute Gasteiger partial charge is 0.472 e. The standard InChI is InChI=1S/C14H25O6P/c1-12(2)14(15)20-13-9-7-5-3-4-6-8-10-18-21(16,17)19-11-13/h13H,1,3-11H2,2H3,(H,16,17). The maximum absolute atomic E-state index is 11.7. The van der Waals surface area contributed by atoms with Crippen molar-refractivity contribution in [3.63, 3.8) is 0 Å². The predicted octanol–water partition coefficient (Wildman–Crippen LogP) is 3.35. The first-order valence-electron chi connectivity index (χ1n) is 7.39. The van der Waals surface area contributed by atoms with Crippen molar-refractivity contribution in [3.05, 3.63) is 12.2 Å². The van der Waals surface area contributed by atoms with Gasteiger partial charge in [0.2, 0.25) is 0 Å². The number of phosphoric ester groups is 1. The molecule has 6 nitrogen and oxygen atoms in total. The fourth-order valence-electron chi connectivity index (χ4n) is 2.00. The molecule has 0 aromatic heterocycles. The molecule has 0 spiro atoms. The number of hydrogen-bond acceptors (Lipinski definition) is 5. The van der Waals surface area contributed by atoms with Gasteiger partial charge in [-0.25, -0.2) is 9.36 Å². The lowest BCUT2D eigenvalue weighted by atomic mass is 10.1. The highest BCUT2D eigenvalue weighted by Gasteiger charge is 2.25. The van der Waals surface area contributed by atoms with Crippen molar-refractivity contribution in [1.82, 2.24) is 0 Å². The van der Waals surface area contributed by atoms with Gasteiger partial charge in [-0.3, -0.25) is 9.05 Å². The molecule has 0 aromatic carbocycles. The van der Waals surface area contributed by atoms with Gasteiger partial charge in [0.15, 0.2) is 0 Å². The minimum absolute atomic E-state index is 0.146. The van der Waals surface area contributed by atoms with Gasteiger partial charge in [-0.15, -0.1) is 0 Å². The molecule has 1 rings (SSSR count). The van der Waals surface area contributed by atoms with Gasteiger partial charge in [-0.05, 0) is 26.2 Å². The van der Waals surface area contributed by atoms with E-state index in [0.29, 0.717) is 12.0 Å². The fourth-order valence-corrected chi connectivity index (χ4v) is 2.79. The second-order valence-electron chi connectivity index (χ2n) is 5.32. The minimum Gasteiger partial charge on any atom is -0.457 e. The zero-order chi connectivity index (χ0) is 15.7. The quantitative estimate of drug-likeness (QED) is 0.477. The third-order valence-corrected chi connectivity index (χ3v) is 4.20. The van der Waals surface area contributed by atoms with Crippen LogP contribution in [0.3, 0.4) is 0 Å². The summed E-state index contributed by atoms with van der Waals surface area (Å²) in [4.78, 5) is 21.1. The van der Waals surface area contributed by atoms with Crippen LogP contribution < -0.4 is 0 Å². The molecule has 0 amide bonds. The predicted molar refractivity (Wildman–Crippen MR) is 78.7 cm³/mol. The molecule has 7 heteroatoms. The zero-order valence-electron chi connectivity index (χ0n) is 12.6. The fraction of sp³-hybridized carbons (Fsp3) is 0.786. The van der Waals surface area contributed by atoms with E-state index >= 15 is 0 Å². The van der Waals surface area contributed by atoms with Crippen molar-refractivity contribution < 1.29 is 28.0 Å². The van der Waals surface area contributed by atoms with Crippen molar-refractivity contribution in [1.29, 1.82) is 0 Å². The van der Waals surface area contributed by atoms with E-state index in [1.807, 2.05) is 0 Å². The smallest absolute Gasteiger partial charge is 0.457 e. The number of carbonyl (C=O) groups excluding carboxylic acids is 1. The van der Waals surface area contributed by atoms with E-state index < -0.39 is 19.9 Å². The Morgan fingerprint density at radius 3 is 2.48 bits per heavy atom. The SMILES string of the molecule is C=C(C)C(=O)OC1CCCCCCCCOP(=O)(O)OC1. The Morgan fingerprint density at radius 2 is 1.81 bits per heavy atom. The molecule has 2 atom stereocenters. The summed E-state index contributed by atoms with van der Waals surface area (Å²) in [6, 6.07) is 0. The number of rotatable bonds is 2. The van der Waals surface area contributed by atoms with Crippen molar-refractivity contribution in [2.45, 2.75) is 58.0 Å². The van der Waals surface area contributed by atoms with E-state index in [1.165, 1.54) is 0 Å². The van der Waals surface area contributed by atoms with Gasteiger partial charge >= 0.3 is 13.8 Å². The zero-order valence-corrected chi connectivity index (χ0v) is 13.5. The van der Waals surface area contributed by atoms with Crippen LogP contribution in [0, 0.1) is 0 Å². The second kappa shape index (κ2) is 9.36. The second-order valence-corrected chi connectivity index (χ2v) is 6.77. The number of phosphoric acid groups is 1. The third kappa shape index (κ3) is 8.37. The van der Waals surface area contributed by atoms with E-state index in [2.05, 4.69) is 6.58 Å². The van der Waals surface area contributed by atoms with Crippen LogP contribution >= 0.6 is 7.82 Å². The van der Waals surface area contributed by atoms with E-state index in [4.69, 9.17) is 13.8 Å². The number of esters is 1. The van der Waals surface area contributed by atoms with Gasteiger partial charge in [-0.2, -0.15) is 0 Å². The lowest BCUT2D eigenvalue weighted by Crippen LogP contribution is -2.23. The molecule has 0 radical (unpaired) electrons. The van der Waals surface area contributed by atoms with E-state index in [9.17, 15) is 14.3 Å². The maximum atomic E-state index is 11.7. The van der Waals surface area contributed by atoms with Gasteiger partial charge in [0.1, 0.15) is 6.10 Å². The lowest BCUT2D eigenvalue weighted by molar-refractivity contribution is -0.146. The summed E-state index contributed by atoms with van der Waals surface area (Å²) in [7, 11) is -4.07. The van der Waals surface area contributed by atoms with Crippen LogP contribution in [0.15, 0.2) is 12.2 Å². The van der Waals surface area contributed by atoms with E-state index in [1.54, 1.807) is 6.92 Å². The average molecular weight is 320 g/mol. The summed E-state index contributed by atoms with van der Waals surface area (Å²) in [5, 5.41) is 0. The van der Waals surface area contributed by atoms with Crippen LogP contribution in [-0.2, 0) is 23.1 Å². The first-order chi connectivity index (χ1) is 9.91. The Morgan fingerprint density at radius 1 is 1.19 bits per heavy atom. The van der Waals surface area contributed by atoms with Crippen molar-refractivity contribution in [2.75, 3.05) is 13.2 Å². The van der Waals surface area contributed by atoms with Crippen molar-refractivity contribution >= 4 is 13.8 Å². The molecule has 122 valence electrons. The summed E-state index contributed by atoms with van der Waals surface area (Å²) < 4.78 is 26.7. The van der Waals surface area contributed by atoms with Gasteiger partial charge < -0.3 is 9.63 Å². The van der Waals surface area contributed by atoms with E-state index in [0.717, 1.165) is 38.5 Å². The monoisotopic (exact) mass is 320 g/mol. The molecule has 0 aromatic rings. The van der Waals surface area contributed by atoms with Crippen LogP contribution in [0.5, 0.6) is 0 Å². The highest BCUT2D eigenvalue weighted by Crippen LogP contribution is 2.43. The Balaban J connectivity index is 2.59. The Bertz CT molecular complexity index is 395. The van der Waals surface area contributed by atoms with Gasteiger partial charge in [0.05, 0.1) is 13.2 Å². The number of ether oxygens (including phenoxy) is 1. The van der Waals surface area contributed by atoms with Crippen LogP contribution in [0.2, 0.25) is 0 Å². The Labute approximate surface area is 126 Å². The molecule has 1 aliphatic rings. The molecular weight excluding hydrogens is 295 g/mol. The molecule has 0 bridgehead atoms. The number of carbonyl (C=O) groups is 1. The molecule has 0 saturated carbocycles. The van der Waals surface area contributed by atoms with Crippen LogP contribution in [0.4, 0.5) is 0 Å². The third-order valence-electron chi connectivity index (χ3n) is 3.22. The molecule has 1 aliphatic heterocycles. The summed E-state index contributed by atoms with van der Waals surface area (Å²) in [5.74, 6) is -0.512.